The van der Waals surface area contributed by atoms with Crippen molar-refractivity contribution in [2.24, 2.45) is 11.8 Å². The molecular weight excluding hydrogens is 281 g/mol. The standard InChI is InChI=1S/C18H22FNO2/c1-10(2)12(4)8-16(21)17-13(5)18(22-20-17)14-7-6-11(3)15(19)9-14/h6-7,9-10,12H,8H2,1-5H3/t12-/m1/s1. The van der Waals surface area contributed by atoms with E-state index in [1.165, 1.54) is 6.07 Å². The highest BCUT2D eigenvalue weighted by molar-refractivity contribution is 5.96. The molecule has 0 saturated heterocycles. The Morgan fingerprint density at radius 3 is 2.55 bits per heavy atom. The quantitative estimate of drug-likeness (QED) is 0.733. The number of ketones is 1. The van der Waals surface area contributed by atoms with Gasteiger partial charge in [0.15, 0.2) is 17.2 Å². The van der Waals surface area contributed by atoms with Gasteiger partial charge in [0.1, 0.15) is 5.82 Å². The lowest BCUT2D eigenvalue weighted by Gasteiger charge is -2.13. The first-order valence-corrected chi connectivity index (χ1v) is 7.57. The summed E-state index contributed by atoms with van der Waals surface area (Å²) in [6.45, 7) is 9.72. The van der Waals surface area contributed by atoms with Crippen LogP contribution in [0, 0.1) is 31.5 Å². The largest absolute Gasteiger partial charge is 0.355 e. The number of hydrogen-bond donors (Lipinski definition) is 0. The summed E-state index contributed by atoms with van der Waals surface area (Å²) in [5.41, 5.74) is 2.19. The van der Waals surface area contributed by atoms with Crippen LogP contribution in [-0.4, -0.2) is 10.9 Å². The lowest BCUT2D eigenvalue weighted by atomic mass is 9.91. The third-order valence-corrected chi connectivity index (χ3v) is 4.27. The number of benzene rings is 1. The molecule has 0 unspecified atom stereocenters. The molecule has 0 aliphatic carbocycles. The summed E-state index contributed by atoms with van der Waals surface area (Å²) < 4.78 is 19.0. The Bertz CT molecular complexity index is 688. The van der Waals surface area contributed by atoms with E-state index >= 15 is 0 Å². The van der Waals surface area contributed by atoms with Crippen LogP contribution in [0.4, 0.5) is 4.39 Å². The molecule has 2 rings (SSSR count). The highest BCUT2D eigenvalue weighted by atomic mass is 19.1. The van der Waals surface area contributed by atoms with E-state index in [4.69, 9.17) is 4.52 Å². The molecule has 0 spiro atoms. The van der Waals surface area contributed by atoms with Crippen molar-refractivity contribution in [1.82, 2.24) is 5.16 Å². The third kappa shape index (κ3) is 3.26. The first-order chi connectivity index (χ1) is 10.3. The fraction of sp³-hybridized carbons (Fsp3) is 0.444. The van der Waals surface area contributed by atoms with Crippen LogP contribution in [-0.2, 0) is 0 Å². The summed E-state index contributed by atoms with van der Waals surface area (Å²) in [6, 6.07) is 4.87. The molecule has 0 saturated carbocycles. The molecule has 1 aromatic heterocycles. The second kappa shape index (κ2) is 6.42. The first kappa shape index (κ1) is 16.4. The van der Waals surface area contributed by atoms with E-state index in [0.717, 1.165) is 0 Å². The molecular formula is C18H22FNO2. The third-order valence-electron chi connectivity index (χ3n) is 4.27. The fourth-order valence-electron chi connectivity index (χ4n) is 2.22. The zero-order valence-electron chi connectivity index (χ0n) is 13.7. The van der Waals surface area contributed by atoms with Crippen molar-refractivity contribution in [1.29, 1.82) is 0 Å². The maximum atomic E-state index is 13.7. The number of Topliss-reactive ketones (excluding diaryl/α,β-unsaturated/α-hetero) is 1. The highest BCUT2D eigenvalue weighted by Gasteiger charge is 2.22. The zero-order chi connectivity index (χ0) is 16.4. The Hall–Kier alpha value is -1.97. The average Bonchev–Trinajstić information content (AvgIpc) is 2.83. The molecule has 0 aliphatic heterocycles. The van der Waals surface area contributed by atoms with Crippen LogP contribution in [0.3, 0.4) is 0 Å². The van der Waals surface area contributed by atoms with Gasteiger partial charge in [-0.2, -0.15) is 0 Å². The van der Waals surface area contributed by atoms with Gasteiger partial charge in [-0.3, -0.25) is 4.79 Å². The number of carbonyl (C=O) groups excluding carboxylic acids is 1. The van der Waals surface area contributed by atoms with Crippen LogP contribution < -0.4 is 0 Å². The van der Waals surface area contributed by atoms with Crippen molar-refractivity contribution < 1.29 is 13.7 Å². The lowest BCUT2D eigenvalue weighted by molar-refractivity contribution is 0.0944. The molecule has 0 N–H and O–H groups in total. The van der Waals surface area contributed by atoms with Crippen molar-refractivity contribution in [3.8, 4) is 11.3 Å². The fourth-order valence-corrected chi connectivity index (χ4v) is 2.22. The van der Waals surface area contributed by atoms with Gasteiger partial charge in [0.25, 0.3) is 0 Å². The monoisotopic (exact) mass is 303 g/mol. The number of carbonyl (C=O) groups is 1. The summed E-state index contributed by atoms with van der Waals surface area (Å²) >= 11 is 0. The first-order valence-electron chi connectivity index (χ1n) is 7.57. The van der Waals surface area contributed by atoms with E-state index in [1.807, 2.05) is 6.92 Å². The van der Waals surface area contributed by atoms with Crippen LogP contribution in [0.15, 0.2) is 22.7 Å². The molecule has 0 aliphatic rings. The van der Waals surface area contributed by atoms with E-state index in [2.05, 4.69) is 19.0 Å². The normalized spacial score (nSPS) is 12.7. The van der Waals surface area contributed by atoms with E-state index in [1.54, 1.807) is 26.0 Å². The Labute approximate surface area is 130 Å². The van der Waals surface area contributed by atoms with Crippen molar-refractivity contribution in [3.05, 3.63) is 40.8 Å². The number of rotatable bonds is 5. The lowest BCUT2D eigenvalue weighted by Crippen LogP contribution is -2.12. The molecule has 2 aromatic rings. The van der Waals surface area contributed by atoms with E-state index in [9.17, 15) is 9.18 Å². The Kier molecular flexibility index (Phi) is 4.79. The summed E-state index contributed by atoms with van der Waals surface area (Å²) in [5.74, 6) is 0.848. The summed E-state index contributed by atoms with van der Waals surface area (Å²) in [5, 5.41) is 3.91. The van der Waals surface area contributed by atoms with Crippen molar-refractivity contribution in [3.63, 3.8) is 0 Å². The number of aromatic nitrogens is 1. The van der Waals surface area contributed by atoms with Gasteiger partial charge in [-0.25, -0.2) is 4.39 Å². The molecule has 0 fully saturated rings. The molecule has 0 bridgehead atoms. The van der Waals surface area contributed by atoms with E-state index < -0.39 is 0 Å². The van der Waals surface area contributed by atoms with E-state index in [-0.39, 0.29) is 17.5 Å². The number of nitrogens with zero attached hydrogens (tertiary/aromatic N) is 1. The van der Waals surface area contributed by atoms with Gasteiger partial charge >= 0.3 is 0 Å². The molecule has 4 heteroatoms. The molecule has 1 heterocycles. The average molecular weight is 303 g/mol. The molecule has 118 valence electrons. The predicted molar refractivity (Wildman–Crippen MR) is 84.3 cm³/mol. The van der Waals surface area contributed by atoms with Crippen LogP contribution in [0.1, 0.15) is 48.8 Å². The van der Waals surface area contributed by atoms with Gasteiger partial charge in [-0.1, -0.05) is 38.1 Å². The molecule has 22 heavy (non-hydrogen) atoms. The second-order valence-corrected chi connectivity index (χ2v) is 6.30. The predicted octanol–water partition coefficient (Wildman–Crippen LogP) is 4.96. The van der Waals surface area contributed by atoms with Gasteiger partial charge in [0.05, 0.1) is 0 Å². The molecule has 0 radical (unpaired) electrons. The second-order valence-electron chi connectivity index (χ2n) is 6.30. The van der Waals surface area contributed by atoms with Crippen LogP contribution in [0.5, 0.6) is 0 Å². The number of aryl methyl sites for hydroxylation is 1. The number of hydrogen-bond acceptors (Lipinski definition) is 3. The minimum atomic E-state index is -0.297. The summed E-state index contributed by atoms with van der Waals surface area (Å²) in [4.78, 5) is 12.3. The smallest absolute Gasteiger partial charge is 0.185 e. The van der Waals surface area contributed by atoms with Gasteiger partial charge in [-0.15, -0.1) is 0 Å². The van der Waals surface area contributed by atoms with Gasteiger partial charge < -0.3 is 4.52 Å². The van der Waals surface area contributed by atoms with Crippen molar-refractivity contribution in [2.75, 3.05) is 0 Å². The van der Waals surface area contributed by atoms with Crippen LogP contribution in [0.25, 0.3) is 11.3 Å². The topological polar surface area (TPSA) is 43.1 Å². The molecule has 3 nitrogen and oxygen atoms in total. The Balaban J connectivity index is 2.29. The Morgan fingerprint density at radius 1 is 1.27 bits per heavy atom. The van der Waals surface area contributed by atoms with Gasteiger partial charge in [0, 0.05) is 17.5 Å². The molecule has 0 amide bonds. The minimum Gasteiger partial charge on any atom is -0.355 e. The van der Waals surface area contributed by atoms with Crippen molar-refractivity contribution in [2.45, 2.75) is 41.0 Å². The van der Waals surface area contributed by atoms with Crippen LogP contribution >= 0.6 is 0 Å². The van der Waals surface area contributed by atoms with E-state index in [0.29, 0.717) is 40.5 Å². The molecule has 1 aromatic carbocycles. The number of halogens is 1. The maximum absolute atomic E-state index is 13.7. The maximum Gasteiger partial charge on any atom is 0.185 e. The summed E-state index contributed by atoms with van der Waals surface area (Å²) in [6.07, 6.45) is 0.437. The zero-order valence-corrected chi connectivity index (χ0v) is 13.7. The van der Waals surface area contributed by atoms with Gasteiger partial charge in [-0.05, 0) is 37.3 Å². The SMILES string of the molecule is Cc1ccc(-c2onc(C(=O)C[C@@H](C)C(C)C)c2C)cc1F. The summed E-state index contributed by atoms with van der Waals surface area (Å²) in [7, 11) is 0. The van der Waals surface area contributed by atoms with Crippen molar-refractivity contribution >= 4 is 5.78 Å². The van der Waals surface area contributed by atoms with Gasteiger partial charge in [0.2, 0.25) is 0 Å². The minimum absolute atomic E-state index is 0.0266. The van der Waals surface area contributed by atoms with Crippen LogP contribution in [0.2, 0.25) is 0 Å². The molecule has 1 atom stereocenters. The Morgan fingerprint density at radius 2 is 1.95 bits per heavy atom. The highest BCUT2D eigenvalue weighted by Crippen LogP contribution is 2.28.